The van der Waals surface area contributed by atoms with Gasteiger partial charge in [-0.1, -0.05) is 27.5 Å². The number of hydrogen-bond acceptors (Lipinski definition) is 2. The van der Waals surface area contributed by atoms with Crippen molar-refractivity contribution in [3.63, 3.8) is 0 Å². The molecule has 6 heteroatoms. The third-order valence-electron chi connectivity index (χ3n) is 1.74. The predicted molar refractivity (Wildman–Crippen MR) is 56.2 cm³/mol. The van der Waals surface area contributed by atoms with E-state index in [-0.39, 0.29) is 22.7 Å². The van der Waals surface area contributed by atoms with Gasteiger partial charge in [-0.25, -0.2) is 8.78 Å². The fourth-order valence-electron chi connectivity index (χ4n) is 1.14. The van der Waals surface area contributed by atoms with E-state index in [0.717, 1.165) is 0 Å². The summed E-state index contributed by atoms with van der Waals surface area (Å²) in [6, 6.07) is 3.16. The highest BCUT2D eigenvalue weighted by Crippen LogP contribution is 2.30. The summed E-state index contributed by atoms with van der Waals surface area (Å²) in [6.07, 6.45) is -2.88. The van der Waals surface area contributed by atoms with Crippen LogP contribution in [0, 0.1) is 11.3 Å². The van der Waals surface area contributed by atoms with Gasteiger partial charge in [-0.15, -0.1) is 0 Å². The first-order valence-electron chi connectivity index (χ1n) is 3.99. The van der Waals surface area contributed by atoms with Crippen molar-refractivity contribution in [2.45, 2.75) is 18.2 Å². The Hall–Kier alpha value is -0.730. The number of nitrogens with zero attached hydrogens (tertiary/aromatic N) is 2. The van der Waals surface area contributed by atoms with E-state index in [9.17, 15) is 8.78 Å². The molecule has 2 nitrogen and oxygen atoms in total. The van der Waals surface area contributed by atoms with E-state index in [4.69, 9.17) is 16.9 Å². The van der Waals surface area contributed by atoms with Gasteiger partial charge < -0.3 is 0 Å². The van der Waals surface area contributed by atoms with Gasteiger partial charge in [0.2, 0.25) is 0 Å². The van der Waals surface area contributed by atoms with Crippen molar-refractivity contribution in [1.29, 1.82) is 5.26 Å². The average molecular weight is 296 g/mol. The van der Waals surface area contributed by atoms with Crippen LogP contribution in [0.4, 0.5) is 8.78 Å². The van der Waals surface area contributed by atoms with E-state index in [1.54, 1.807) is 6.07 Å². The SMILES string of the molecule is N#CCc1nc(CBr)cc(Cl)c1C(F)F. The monoisotopic (exact) mass is 294 g/mol. The molecule has 0 bridgehead atoms. The van der Waals surface area contributed by atoms with E-state index in [1.165, 1.54) is 6.07 Å². The highest BCUT2D eigenvalue weighted by Gasteiger charge is 2.19. The number of hydrogen-bond donors (Lipinski definition) is 0. The second-order valence-corrected chi connectivity index (χ2v) is 3.69. The van der Waals surface area contributed by atoms with E-state index >= 15 is 0 Å². The Labute approximate surface area is 99.0 Å². The van der Waals surface area contributed by atoms with Crippen molar-refractivity contribution in [3.8, 4) is 6.07 Å². The fraction of sp³-hybridized carbons (Fsp3) is 0.333. The highest BCUT2D eigenvalue weighted by atomic mass is 79.9. The Bertz CT molecular complexity index is 404. The molecule has 0 aliphatic carbocycles. The molecule has 80 valence electrons. The molecule has 15 heavy (non-hydrogen) atoms. The molecule has 0 aromatic carbocycles. The third-order valence-corrected chi connectivity index (χ3v) is 2.63. The lowest BCUT2D eigenvalue weighted by Crippen LogP contribution is -2.01. The predicted octanol–water partition coefficient (Wildman–Crippen LogP) is 3.63. The van der Waals surface area contributed by atoms with Crippen molar-refractivity contribution in [3.05, 3.63) is 28.0 Å². The van der Waals surface area contributed by atoms with Crippen LogP contribution in [0.3, 0.4) is 0 Å². The Balaban J connectivity index is 3.30. The van der Waals surface area contributed by atoms with Crippen molar-refractivity contribution in [1.82, 2.24) is 4.98 Å². The smallest absolute Gasteiger partial charge is 0.255 e. The lowest BCUT2D eigenvalue weighted by Gasteiger charge is -2.09. The van der Waals surface area contributed by atoms with Crippen molar-refractivity contribution in [2.24, 2.45) is 0 Å². The normalized spacial score (nSPS) is 10.4. The molecule has 1 heterocycles. The molecule has 1 aromatic rings. The van der Waals surface area contributed by atoms with Crippen LogP contribution in [0.1, 0.15) is 23.4 Å². The van der Waals surface area contributed by atoms with Gasteiger partial charge in [-0.05, 0) is 6.07 Å². The van der Waals surface area contributed by atoms with Crippen LogP contribution in [-0.4, -0.2) is 4.98 Å². The first-order chi connectivity index (χ1) is 7.10. The molecule has 0 amide bonds. The Morgan fingerprint density at radius 2 is 2.27 bits per heavy atom. The molecule has 0 unspecified atom stereocenters. The molecule has 0 fully saturated rings. The zero-order chi connectivity index (χ0) is 11.4. The summed E-state index contributed by atoms with van der Waals surface area (Å²) < 4.78 is 25.2. The van der Waals surface area contributed by atoms with Gasteiger partial charge in [-0.2, -0.15) is 5.26 Å². The zero-order valence-electron chi connectivity index (χ0n) is 7.48. The molecule has 0 N–H and O–H groups in total. The van der Waals surface area contributed by atoms with E-state index in [1.807, 2.05) is 0 Å². The van der Waals surface area contributed by atoms with Gasteiger partial charge in [0.05, 0.1) is 34.5 Å². The molecule has 0 saturated heterocycles. The molecule has 0 radical (unpaired) electrons. The lowest BCUT2D eigenvalue weighted by molar-refractivity contribution is 0.150. The summed E-state index contributed by atoms with van der Waals surface area (Å²) in [5.74, 6) is 0. The van der Waals surface area contributed by atoms with Crippen LogP contribution in [0.5, 0.6) is 0 Å². The Morgan fingerprint density at radius 1 is 1.60 bits per heavy atom. The van der Waals surface area contributed by atoms with Crippen LogP contribution in [0.15, 0.2) is 6.07 Å². The van der Waals surface area contributed by atoms with Gasteiger partial charge in [-0.3, -0.25) is 4.98 Å². The number of aromatic nitrogens is 1. The van der Waals surface area contributed by atoms with E-state index in [0.29, 0.717) is 11.0 Å². The first kappa shape index (κ1) is 12.3. The number of pyridine rings is 1. The van der Waals surface area contributed by atoms with E-state index in [2.05, 4.69) is 20.9 Å². The third kappa shape index (κ3) is 2.86. The van der Waals surface area contributed by atoms with Crippen LogP contribution in [-0.2, 0) is 11.8 Å². The van der Waals surface area contributed by atoms with Crippen molar-refractivity contribution >= 4 is 27.5 Å². The molecule has 1 rings (SSSR count). The minimum Gasteiger partial charge on any atom is -0.255 e. The van der Waals surface area contributed by atoms with Crippen LogP contribution < -0.4 is 0 Å². The van der Waals surface area contributed by atoms with Crippen molar-refractivity contribution in [2.75, 3.05) is 0 Å². The number of alkyl halides is 3. The minimum absolute atomic E-state index is 0.0419. The van der Waals surface area contributed by atoms with Gasteiger partial charge in [0.1, 0.15) is 0 Å². The second-order valence-electron chi connectivity index (χ2n) is 2.73. The quantitative estimate of drug-likeness (QED) is 0.798. The standard InChI is InChI=1S/C9H6BrClF2N2/c10-4-5-3-6(11)8(9(12)13)7(15-5)1-2-14/h3,9H,1,4H2. The van der Waals surface area contributed by atoms with E-state index < -0.39 is 6.43 Å². The largest absolute Gasteiger partial charge is 0.267 e. The minimum atomic E-state index is -2.71. The maximum absolute atomic E-state index is 12.6. The molecule has 0 saturated carbocycles. The topological polar surface area (TPSA) is 36.7 Å². The lowest BCUT2D eigenvalue weighted by atomic mass is 10.1. The number of halogens is 4. The molecule has 0 spiro atoms. The van der Waals surface area contributed by atoms with Crippen LogP contribution >= 0.6 is 27.5 Å². The van der Waals surface area contributed by atoms with Gasteiger partial charge in [0, 0.05) is 5.33 Å². The number of nitriles is 1. The number of rotatable bonds is 3. The van der Waals surface area contributed by atoms with Gasteiger partial charge in [0.15, 0.2) is 0 Å². The second kappa shape index (κ2) is 5.38. The zero-order valence-corrected chi connectivity index (χ0v) is 9.82. The summed E-state index contributed by atoms with van der Waals surface area (Å²) in [5, 5.41) is 8.86. The summed E-state index contributed by atoms with van der Waals surface area (Å²) in [7, 11) is 0. The molecule has 0 atom stereocenters. The summed E-state index contributed by atoms with van der Waals surface area (Å²) in [6.45, 7) is 0. The molecule has 0 aliphatic heterocycles. The van der Waals surface area contributed by atoms with Crippen molar-refractivity contribution < 1.29 is 8.78 Å². The maximum Gasteiger partial charge on any atom is 0.267 e. The highest BCUT2D eigenvalue weighted by molar-refractivity contribution is 9.08. The molecule has 1 aromatic heterocycles. The van der Waals surface area contributed by atoms with Crippen LogP contribution in [0.25, 0.3) is 0 Å². The van der Waals surface area contributed by atoms with Gasteiger partial charge in [0.25, 0.3) is 6.43 Å². The molecular weight excluding hydrogens is 289 g/mol. The molecule has 0 aliphatic rings. The average Bonchev–Trinajstić information content (AvgIpc) is 2.16. The summed E-state index contributed by atoms with van der Waals surface area (Å²) in [4.78, 5) is 3.93. The first-order valence-corrected chi connectivity index (χ1v) is 5.49. The summed E-state index contributed by atoms with van der Waals surface area (Å²) in [5.41, 5.74) is 0.243. The fourth-order valence-corrected chi connectivity index (χ4v) is 1.74. The molecular formula is C9H6BrClF2N2. The maximum atomic E-state index is 12.6. The Kier molecular flexibility index (Phi) is 4.43. The summed E-state index contributed by atoms with van der Waals surface area (Å²) >= 11 is 8.84. The van der Waals surface area contributed by atoms with Gasteiger partial charge >= 0.3 is 0 Å². The Morgan fingerprint density at radius 3 is 2.73 bits per heavy atom. The van der Waals surface area contributed by atoms with Crippen LogP contribution in [0.2, 0.25) is 5.02 Å².